The molecule has 2 aromatic carbocycles. The number of aryl methyl sites for hydroxylation is 2. The smallest absolute Gasteiger partial charge is 0.350 e. The molecule has 1 atom stereocenters. The van der Waals surface area contributed by atoms with Gasteiger partial charge in [0.15, 0.2) is 0 Å². The van der Waals surface area contributed by atoms with Gasteiger partial charge >= 0.3 is 11.7 Å². The van der Waals surface area contributed by atoms with E-state index in [-0.39, 0.29) is 23.7 Å². The number of hydrogen-bond donors (Lipinski definition) is 1. The van der Waals surface area contributed by atoms with Crippen LogP contribution in [0.15, 0.2) is 65.6 Å². The summed E-state index contributed by atoms with van der Waals surface area (Å²) < 4.78 is 2.89. The van der Waals surface area contributed by atoms with Crippen LogP contribution in [0.25, 0.3) is 16.8 Å². The maximum atomic E-state index is 13.7. The summed E-state index contributed by atoms with van der Waals surface area (Å²) >= 11 is 0. The summed E-state index contributed by atoms with van der Waals surface area (Å²) in [6, 6.07) is 16.5. The molecule has 1 N–H and O–H groups in total. The molecule has 0 radical (unpaired) electrons. The molecular weight excluding hydrogens is 494 g/mol. The highest BCUT2D eigenvalue weighted by Crippen LogP contribution is 2.35. The predicted octanol–water partition coefficient (Wildman–Crippen LogP) is 3.70. The normalized spacial score (nSPS) is 15.2. The quantitative estimate of drug-likeness (QED) is 0.413. The lowest BCUT2D eigenvalue weighted by Gasteiger charge is -2.22. The zero-order chi connectivity index (χ0) is 27.8. The Morgan fingerprint density at radius 1 is 1.08 bits per heavy atom. The molecule has 1 saturated heterocycles. The van der Waals surface area contributed by atoms with Crippen molar-refractivity contribution in [1.82, 2.24) is 24.6 Å². The molecule has 3 amide bonds. The van der Waals surface area contributed by atoms with Crippen LogP contribution >= 0.6 is 0 Å². The summed E-state index contributed by atoms with van der Waals surface area (Å²) in [5, 5.41) is 6.84. The molecule has 2 aromatic heterocycles. The zero-order valence-corrected chi connectivity index (χ0v) is 22.7. The van der Waals surface area contributed by atoms with Gasteiger partial charge in [-0.2, -0.15) is 5.10 Å². The Kier molecular flexibility index (Phi) is 6.78. The summed E-state index contributed by atoms with van der Waals surface area (Å²) in [5.41, 5.74) is 4.60. The van der Waals surface area contributed by atoms with Gasteiger partial charge in [-0.15, -0.1) is 0 Å². The third-order valence-electron chi connectivity index (χ3n) is 7.10. The van der Waals surface area contributed by atoms with Crippen LogP contribution in [0, 0.1) is 6.92 Å². The molecule has 5 rings (SSSR count). The number of carbonyl (C=O) groups excluding carboxylic acids is 2. The highest BCUT2D eigenvalue weighted by atomic mass is 16.2. The summed E-state index contributed by atoms with van der Waals surface area (Å²) in [5.74, 6) is 1.04. The monoisotopic (exact) mass is 525 g/mol. The lowest BCUT2D eigenvalue weighted by atomic mass is 9.98. The van der Waals surface area contributed by atoms with Gasteiger partial charge in [0, 0.05) is 43.7 Å². The molecule has 10 nitrogen and oxygen atoms in total. The summed E-state index contributed by atoms with van der Waals surface area (Å²) in [7, 11) is 3.21. The molecule has 39 heavy (non-hydrogen) atoms. The summed E-state index contributed by atoms with van der Waals surface area (Å²) in [4.78, 5) is 46.4. The van der Waals surface area contributed by atoms with Gasteiger partial charge < -0.3 is 5.32 Å². The maximum Gasteiger partial charge on any atom is 0.350 e. The second-order valence-electron chi connectivity index (χ2n) is 9.59. The molecule has 0 unspecified atom stereocenters. The number of rotatable bonds is 6. The van der Waals surface area contributed by atoms with Gasteiger partial charge in [-0.25, -0.2) is 23.8 Å². The fourth-order valence-electron chi connectivity index (χ4n) is 5.23. The number of nitrogens with zero attached hydrogens (tertiary/aromatic N) is 6. The first-order chi connectivity index (χ1) is 18.7. The number of pyridine rings is 1. The van der Waals surface area contributed by atoms with E-state index < -0.39 is 0 Å². The Morgan fingerprint density at radius 3 is 2.46 bits per heavy atom. The number of amides is 3. The van der Waals surface area contributed by atoms with Gasteiger partial charge in [0.2, 0.25) is 0 Å². The molecular formula is C29H31N7O3. The Labute approximate surface area is 226 Å². The Bertz CT molecular complexity index is 1620. The SMILES string of the molecule is CCc1c(-c2ccc(-n3c(C)nn(C)c3=O)cc2)ccnc1N1C[C@@H](C)N(c2cccc(C(=O)NC)c2)C1=O. The van der Waals surface area contributed by atoms with Crippen molar-refractivity contribution in [3.63, 3.8) is 0 Å². The van der Waals surface area contributed by atoms with Crippen LogP contribution in [0.5, 0.6) is 0 Å². The van der Waals surface area contributed by atoms with E-state index in [1.807, 2.05) is 50.2 Å². The Hall–Kier alpha value is -4.73. The standard InChI is InChI=1S/C29H31N7O3/c1-6-24-25(20-10-12-22(13-11-20)36-19(3)32-33(5)28(36)38)14-15-31-26(24)34-17-18(2)35(29(34)39)23-9-7-8-21(16-23)27(37)30-4/h7-16,18H,6,17H2,1-5H3,(H,30,37)/t18-/m1/s1. The minimum Gasteiger partial charge on any atom is -0.355 e. The van der Waals surface area contributed by atoms with Gasteiger partial charge in [-0.05, 0) is 67.8 Å². The van der Waals surface area contributed by atoms with E-state index in [1.165, 1.54) is 4.68 Å². The molecule has 0 bridgehead atoms. The fourth-order valence-corrected chi connectivity index (χ4v) is 5.23. The van der Waals surface area contributed by atoms with E-state index in [9.17, 15) is 14.4 Å². The summed E-state index contributed by atoms with van der Waals surface area (Å²) in [6.45, 7) is 6.30. The van der Waals surface area contributed by atoms with Crippen molar-refractivity contribution in [2.75, 3.05) is 23.4 Å². The molecule has 4 aromatic rings. The third-order valence-corrected chi connectivity index (χ3v) is 7.10. The molecule has 0 spiro atoms. The number of urea groups is 1. The van der Waals surface area contributed by atoms with Crippen molar-refractivity contribution < 1.29 is 9.59 Å². The van der Waals surface area contributed by atoms with Gasteiger partial charge in [-0.1, -0.05) is 25.1 Å². The Balaban J connectivity index is 1.49. The van der Waals surface area contributed by atoms with Crippen LogP contribution in [-0.4, -0.2) is 50.9 Å². The first-order valence-corrected chi connectivity index (χ1v) is 12.9. The number of nitrogens with one attached hydrogen (secondary N) is 1. The first-order valence-electron chi connectivity index (χ1n) is 12.9. The molecule has 1 aliphatic rings. The Morgan fingerprint density at radius 2 is 1.82 bits per heavy atom. The van der Waals surface area contributed by atoms with E-state index in [0.717, 1.165) is 22.4 Å². The van der Waals surface area contributed by atoms with Crippen LogP contribution in [0.1, 0.15) is 35.6 Å². The molecule has 10 heteroatoms. The van der Waals surface area contributed by atoms with Crippen LogP contribution in [0.3, 0.4) is 0 Å². The molecule has 1 aliphatic heterocycles. The van der Waals surface area contributed by atoms with Crippen molar-refractivity contribution in [3.05, 3.63) is 88.2 Å². The minimum atomic E-state index is -0.203. The van der Waals surface area contributed by atoms with Gasteiger partial charge in [0.25, 0.3) is 5.91 Å². The number of benzene rings is 2. The lowest BCUT2D eigenvalue weighted by molar-refractivity contribution is 0.0963. The van der Waals surface area contributed by atoms with Crippen molar-refractivity contribution in [1.29, 1.82) is 0 Å². The van der Waals surface area contributed by atoms with E-state index in [1.54, 1.807) is 59.8 Å². The van der Waals surface area contributed by atoms with E-state index in [0.29, 0.717) is 35.9 Å². The van der Waals surface area contributed by atoms with E-state index >= 15 is 0 Å². The van der Waals surface area contributed by atoms with Crippen molar-refractivity contribution >= 4 is 23.4 Å². The zero-order valence-electron chi connectivity index (χ0n) is 22.7. The van der Waals surface area contributed by atoms with Crippen LogP contribution < -0.4 is 20.8 Å². The molecule has 0 aliphatic carbocycles. The summed E-state index contributed by atoms with van der Waals surface area (Å²) in [6.07, 6.45) is 2.39. The number of anilines is 2. The molecule has 200 valence electrons. The van der Waals surface area contributed by atoms with E-state index in [4.69, 9.17) is 0 Å². The van der Waals surface area contributed by atoms with Crippen LogP contribution in [-0.2, 0) is 13.5 Å². The van der Waals surface area contributed by atoms with Crippen molar-refractivity contribution in [2.45, 2.75) is 33.2 Å². The topological polar surface area (TPSA) is 105 Å². The second kappa shape index (κ2) is 10.2. The molecule has 0 saturated carbocycles. The van der Waals surface area contributed by atoms with Gasteiger partial charge in [0.05, 0.1) is 11.7 Å². The predicted molar refractivity (Wildman–Crippen MR) is 151 cm³/mol. The van der Waals surface area contributed by atoms with Gasteiger partial charge in [-0.3, -0.25) is 14.6 Å². The number of aromatic nitrogens is 4. The largest absolute Gasteiger partial charge is 0.355 e. The van der Waals surface area contributed by atoms with Crippen molar-refractivity contribution in [2.24, 2.45) is 7.05 Å². The lowest BCUT2D eigenvalue weighted by Crippen LogP contribution is -2.34. The van der Waals surface area contributed by atoms with Crippen LogP contribution in [0.4, 0.5) is 16.3 Å². The average Bonchev–Trinajstić information content (AvgIpc) is 3.39. The average molecular weight is 526 g/mol. The highest BCUT2D eigenvalue weighted by molar-refractivity contribution is 6.07. The number of carbonyl (C=O) groups is 2. The first kappa shape index (κ1) is 25.9. The van der Waals surface area contributed by atoms with Gasteiger partial charge in [0.1, 0.15) is 11.6 Å². The van der Waals surface area contributed by atoms with Crippen LogP contribution in [0.2, 0.25) is 0 Å². The third kappa shape index (κ3) is 4.47. The van der Waals surface area contributed by atoms with Crippen molar-refractivity contribution in [3.8, 4) is 16.8 Å². The van der Waals surface area contributed by atoms with E-state index in [2.05, 4.69) is 15.4 Å². The minimum absolute atomic E-state index is 0.118. The highest BCUT2D eigenvalue weighted by Gasteiger charge is 2.38. The maximum absolute atomic E-state index is 13.7. The fraction of sp³-hybridized carbons (Fsp3) is 0.276. The molecule has 3 heterocycles. The number of hydrogen-bond acceptors (Lipinski definition) is 5. The molecule has 1 fully saturated rings. The second-order valence-corrected chi connectivity index (χ2v) is 9.59.